The number of hydrogen-bond donors (Lipinski definition) is 2. The molecule has 0 unspecified atom stereocenters. The van der Waals surface area contributed by atoms with Crippen LogP contribution in [0.2, 0.25) is 10.0 Å². The lowest BCUT2D eigenvalue weighted by Crippen LogP contribution is -2.32. The number of carbonyl (C=O) groups is 2. The van der Waals surface area contributed by atoms with Gasteiger partial charge in [0, 0.05) is 7.14 Å². The van der Waals surface area contributed by atoms with E-state index in [1.165, 1.54) is 24.3 Å². The molecule has 30 heavy (non-hydrogen) atoms. The highest BCUT2D eigenvalue weighted by Gasteiger charge is 2.23. The molecule has 14 heteroatoms. The van der Waals surface area contributed by atoms with Gasteiger partial charge in [-0.1, -0.05) is 23.2 Å². The molecule has 0 aliphatic rings. The van der Waals surface area contributed by atoms with Crippen LogP contribution in [0.1, 0.15) is 26.3 Å². The molecule has 0 aliphatic heterocycles. The first-order valence-corrected chi connectivity index (χ1v) is 14.1. The van der Waals surface area contributed by atoms with Crippen molar-refractivity contribution in [1.82, 2.24) is 9.44 Å². The van der Waals surface area contributed by atoms with Crippen molar-refractivity contribution in [3.8, 4) is 0 Å². The summed E-state index contributed by atoms with van der Waals surface area (Å²) < 4.78 is 52.5. The molecular formula is C16H12Cl2I2N2O6S2. The van der Waals surface area contributed by atoms with Gasteiger partial charge in [-0.25, -0.2) is 26.3 Å². The first-order valence-electron chi connectivity index (χ1n) is 7.68. The maximum Gasteiger partial charge on any atom is 0.266 e. The summed E-state index contributed by atoms with van der Waals surface area (Å²) in [6.07, 6.45) is 0.795. The van der Waals surface area contributed by atoms with E-state index in [1.54, 1.807) is 10.8 Å². The molecule has 2 amide bonds. The lowest BCUT2D eigenvalue weighted by Gasteiger charge is -2.12. The number of rotatable bonds is 6. The first-order chi connectivity index (χ1) is 13.7. The molecule has 0 bridgehead atoms. The van der Waals surface area contributed by atoms with Gasteiger partial charge in [0.25, 0.3) is 11.8 Å². The minimum atomic E-state index is -4.22. The van der Waals surface area contributed by atoms with Crippen LogP contribution in [0.4, 0.5) is 0 Å². The molecule has 2 N–H and O–H groups in total. The first kappa shape index (κ1) is 25.6. The van der Waals surface area contributed by atoms with Crippen LogP contribution in [-0.4, -0.2) is 34.9 Å². The van der Waals surface area contributed by atoms with Gasteiger partial charge >= 0.3 is 0 Å². The van der Waals surface area contributed by atoms with Gasteiger partial charge in [-0.3, -0.25) is 9.59 Å². The summed E-state index contributed by atoms with van der Waals surface area (Å²) in [6.45, 7) is 0. The number of halogens is 4. The fourth-order valence-corrected chi connectivity index (χ4v) is 5.77. The Bertz CT molecular complexity index is 1250. The molecule has 8 nitrogen and oxygen atoms in total. The van der Waals surface area contributed by atoms with Crippen LogP contribution in [0.5, 0.6) is 0 Å². The largest absolute Gasteiger partial charge is 0.268 e. The van der Waals surface area contributed by atoms with Crippen LogP contribution in [0.15, 0.2) is 30.3 Å². The van der Waals surface area contributed by atoms with Crippen LogP contribution in [-0.2, 0) is 25.8 Å². The van der Waals surface area contributed by atoms with Crippen molar-refractivity contribution in [1.29, 1.82) is 0 Å². The number of sulfonamides is 2. The van der Waals surface area contributed by atoms with Crippen LogP contribution in [0, 0.1) is 7.14 Å². The lowest BCUT2D eigenvalue weighted by atomic mass is 10.1. The van der Waals surface area contributed by atoms with Gasteiger partial charge in [-0.05, 0) is 81.1 Å². The van der Waals surface area contributed by atoms with Crippen molar-refractivity contribution < 1.29 is 26.4 Å². The summed E-state index contributed by atoms with van der Waals surface area (Å²) in [5.74, 6) is -2.65. The van der Waals surface area contributed by atoms with E-state index < -0.39 is 37.6 Å². The van der Waals surface area contributed by atoms with Crippen molar-refractivity contribution in [2.45, 2.75) is 5.75 Å². The number of amides is 2. The Kier molecular flexibility index (Phi) is 8.40. The van der Waals surface area contributed by atoms with Gasteiger partial charge in [0.15, 0.2) is 0 Å². The third-order valence-corrected chi connectivity index (χ3v) is 7.20. The van der Waals surface area contributed by atoms with Crippen molar-refractivity contribution in [2.24, 2.45) is 0 Å². The maximum absolute atomic E-state index is 12.5. The van der Waals surface area contributed by atoms with E-state index in [1.807, 2.05) is 49.9 Å². The Labute approximate surface area is 210 Å². The molecule has 0 spiro atoms. The molecule has 0 saturated carbocycles. The van der Waals surface area contributed by atoms with E-state index >= 15 is 0 Å². The third-order valence-electron chi connectivity index (χ3n) is 3.40. The number of benzene rings is 2. The minimum absolute atomic E-state index is 0.0104. The van der Waals surface area contributed by atoms with Gasteiger partial charge in [0.2, 0.25) is 20.0 Å². The molecule has 162 valence electrons. The second-order valence-electron chi connectivity index (χ2n) is 5.94. The molecule has 0 aliphatic carbocycles. The Hall–Kier alpha value is -0.680. The zero-order valence-corrected chi connectivity index (χ0v) is 22.3. The number of nitrogens with one attached hydrogen (secondary N) is 2. The van der Waals surface area contributed by atoms with Crippen molar-refractivity contribution in [3.63, 3.8) is 0 Å². The van der Waals surface area contributed by atoms with Crippen LogP contribution < -0.4 is 9.44 Å². The highest BCUT2D eigenvalue weighted by Crippen LogP contribution is 2.26. The summed E-state index contributed by atoms with van der Waals surface area (Å²) in [4.78, 5) is 24.5. The molecule has 0 atom stereocenters. The fraction of sp³-hybridized carbons (Fsp3) is 0.125. The standard InChI is InChI=1S/C16H12Cl2I2N2O6S2/c1-29(25,26)21-16(24)12-5-10(20)4-8(14(12)18)7-30(27,28)22-15(23)11-3-2-9(19)6-13(11)17/h2-6H,7H2,1H3,(H,21,24)(H,22,23). The van der Waals surface area contributed by atoms with Gasteiger partial charge < -0.3 is 0 Å². The molecular weight excluding hydrogens is 705 g/mol. The Balaban J connectivity index is 2.32. The highest BCUT2D eigenvalue weighted by atomic mass is 127. The maximum atomic E-state index is 12.5. The van der Waals surface area contributed by atoms with Gasteiger partial charge in [-0.15, -0.1) is 0 Å². The fourth-order valence-electron chi connectivity index (χ4n) is 2.25. The van der Waals surface area contributed by atoms with Gasteiger partial charge in [-0.2, -0.15) is 0 Å². The van der Waals surface area contributed by atoms with E-state index in [9.17, 15) is 26.4 Å². The molecule has 0 radical (unpaired) electrons. The van der Waals surface area contributed by atoms with Crippen LogP contribution >= 0.6 is 68.4 Å². The van der Waals surface area contributed by atoms with E-state index in [0.29, 0.717) is 3.57 Å². The molecule has 0 aromatic heterocycles. The Morgan fingerprint density at radius 1 is 0.900 bits per heavy atom. The predicted molar refractivity (Wildman–Crippen MR) is 131 cm³/mol. The monoisotopic (exact) mass is 716 g/mol. The van der Waals surface area contributed by atoms with E-state index in [4.69, 9.17) is 23.2 Å². The Morgan fingerprint density at radius 3 is 2.07 bits per heavy atom. The summed E-state index contributed by atoms with van der Waals surface area (Å²) >= 11 is 16.0. The van der Waals surface area contributed by atoms with Gasteiger partial charge in [0.1, 0.15) is 0 Å². The summed E-state index contributed by atoms with van der Waals surface area (Å²) in [5.41, 5.74) is -0.231. The topological polar surface area (TPSA) is 126 Å². The summed E-state index contributed by atoms with van der Waals surface area (Å²) in [5, 5.41) is -0.164. The second kappa shape index (κ2) is 9.85. The minimum Gasteiger partial charge on any atom is -0.268 e. The van der Waals surface area contributed by atoms with Crippen LogP contribution in [0.3, 0.4) is 0 Å². The lowest BCUT2D eigenvalue weighted by molar-refractivity contribution is 0.0972. The molecule has 2 aromatic rings. The quantitative estimate of drug-likeness (QED) is 0.443. The molecule has 0 fully saturated rings. The summed E-state index contributed by atoms with van der Waals surface area (Å²) in [7, 11) is -8.08. The van der Waals surface area contributed by atoms with Crippen molar-refractivity contribution >= 4 is 100 Å². The van der Waals surface area contributed by atoms with E-state index in [-0.39, 0.29) is 26.7 Å². The normalized spacial score (nSPS) is 11.8. The average molecular weight is 717 g/mol. The Morgan fingerprint density at radius 2 is 1.50 bits per heavy atom. The molecule has 2 aromatic carbocycles. The summed E-state index contributed by atoms with van der Waals surface area (Å²) in [6, 6.07) is 7.20. The SMILES string of the molecule is CS(=O)(=O)NC(=O)c1cc(I)cc(CS(=O)(=O)NC(=O)c2ccc(I)cc2Cl)c1Cl. The van der Waals surface area contributed by atoms with E-state index in [2.05, 4.69) is 0 Å². The average Bonchev–Trinajstić information content (AvgIpc) is 2.55. The third kappa shape index (κ3) is 7.19. The zero-order valence-electron chi connectivity index (χ0n) is 14.9. The number of hydrogen-bond acceptors (Lipinski definition) is 6. The highest BCUT2D eigenvalue weighted by molar-refractivity contribution is 14.1. The molecule has 0 heterocycles. The zero-order chi connectivity index (χ0) is 22.9. The molecule has 2 rings (SSSR count). The molecule has 0 saturated heterocycles. The predicted octanol–water partition coefficient (Wildman–Crippen LogP) is 3.15. The van der Waals surface area contributed by atoms with Crippen LogP contribution in [0.25, 0.3) is 0 Å². The second-order valence-corrected chi connectivity index (χ2v) is 12.7. The van der Waals surface area contributed by atoms with Crippen molar-refractivity contribution in [2.75, 3.05) is 6.26 Å². The smallest absolute Gasteiger partial charge is 0.266 e. The van der Waals surface area contributed by atoms with E-state index in [0.717, 1.165) is 9.83 Å². The number of carbonyl (C=O) groups excluding carboxylic acids is 2. The van der Waals surface area contributed by atoms with Crippen molar-refractivity contribution in [3.05, 3.63) is 64.2 Å². The van der Waals surface area contributed by atoms with Gasteiger partial charge in [0.05, 0.1) is 33.2 Å².